The molecule has 164 valence electrons. The van der Waals surface area contributed by atoms with Gasteiger partial charge in [-0.2, -0.15) is 0 Å². The summed E-state index contributed by atoms with van der Waals surface area (Å²) < 4.78 is 5.97. The number of phenolic OH excluding ortho intramolecular Hbond substituents is 1. The SMILES string of the molecule is O=C1NCCC[C@@]2(O)[C@H]3C(=O)c4ccc(O)c5c4[C@@]2(CCN3CC2CC2)[C@@H](O5)C(=O)N1. The first-order chi connectivity index (χ1) is 14.9. The van der Waals surface area contributed by atoms with Crippen molar-refractivity contribution in [2.24, 2.45) is 5.92 Å². The summed E-state index contributed by atoms with van der Waals surface area (Å²) in [4.78, 5) is 41.1. The Morgan fingerprint density at radius 2 is 2.00 bits per heavy atom. The Hall–Kier alpha value is -2.65. The molecule has 0 aromatic heterocycles. The number of Topliss-reactive ketones (excluding diaryl/α,β-unsaturated/α-hetero) is 1. The fraction of sp³-hybridized carbons (Fsp3) is 0.591. The predicted octanol–water partition coefficient (Wildman–Crippen LogP) is 0.422. The smallest absolute Gasteiger partial charge is 0.321 e. The quantitative estimate of drug-likeness (QED) is 0.539. The van der Waals surface area contributed by atoms with Crippen LogP contribution in [-0.2, 0) is 10.2 Å². The molecule has 9 nitrogen and oxygen atoms in total. The van der Waals surface area contributed by atoms with E-state index in [1.165, 1.54) is 6.07 Å². The summed E-state index contributed by atoms with van der Waals surface area (Å²) in [6.07, 6.45) is 2.08. The van der Waals surface area contributed by atoms with E-state index in [2.05, 4.69) is 15.5 Å². The molecule has 0 unspecified atom stereocenters. The lowest BCUT2D eigenvalue weighted by Gasteiger charge is -2.60. The maximum atomic E-state index is 13.8. The lowest BCUT2D eigenvalue weighted by Crippen LogP contribution is -2.77. The van der Waals surface area contributed by atoms with Crippen LogP contribution in [0.15, 0.2) is 12.1 Å². The minimum Gasteiger partial charge on any atom is -0.504 e. The number of hydrogen-bond donors (Lipinski definition) is 4. The molecule has 3 aliphatic heterocycles. The van der Waals surface area contributed by atoms with Gasteiger partial charge < -0.3 is 20.3 Å². The normalized spacial score (nSPS) is 36.9. The average molecular weight is 427 g/mol. The molecule has 6 rings (SSSR count). The highest BCUT2D eigenvalue weighted by Crippen LogP contribution is 2.63. The van der Waals surface area contributed by atoms with E-state index in [0.717, 1.165) is 19.4 Å². The highest BCUT2D eigenvalue weighted by molar-refractivity contribution is 6.08. The van der Waals surface area contributed by atoms with Crippen LogP contribution >= 0.6 is 0 Å². The minimum absolute atomic E-state index is 0.0678. The highest BCUT2D eigenvalue weighted by atomic mass is 16.5. The van der Waals surface area contributed by atoms with E-state index >= 15 is 0 Å². The van der Waals surface area contributed by atoms with Crippen molar-refractivity contribution in [1.29, 1.82) is 0 Å². The number of imide groups is 1. The van der Waals surface area contributed by atoms with Crippen molar-refractivity contribution in [1.82, 2.24) is 15.5 Å². The van der Waals surface area contributed by atoms with Gasteiger partial charge in [-0.25, -0.2) is 4.79 Å². The minimum atomic E-state index is -1.56. The molecule has 4 atom stereocenters. The summed E-state index contributed by atoms with van der Waals surface area (Å²) in [6, 6.07) is 1.56. The molecule has 31 heavy (non-hydrogen) atoms. The lowest BCUT2D eigenvalue weighted by molar-refractivity contribution is -0.165. The Kier molecular flexibility index (Phi) is 3.81. The van der Waals surface area contributed by atoms with Gasteiger partial charge in [-0.3, -0.25) is 19.8 Å². The Morgan fingerprint density at radius 3 is 2.77 bits per heavy atom. The fourth-order valence-corrected chi connectivity index (χ4v) is 6.38. The second kappa shape index (κ2) is 6.20. The van der Waals surface area contributed by atoms with Gasteiger partial charge in [-0.1, -0.05) is 0 Å². The first kappa shape index (κ1) is 19.1. The number of aromatic hydroxyl groups is 1. The number of hydrogen-bond acceptors (Lipinski definition) is 7. The van der Waals surface area contributed by atoms with Crippen molar-refractivity contribution in [2.75, 3.05) is 19.6 Å². The van der Waals surface area contributed by atoms with Gasteiger partial charge in [-0.15, -0.1) is 0 Å². The average Bonchev–Trinajstić information content (AvgIpc) is 3.46. The summed E-state index contributed by atoms with van der Waals surface area (Å²) >= 11 is 0. The number of ether oxygens (including phenoxy) is 1. The van der Waals surface area contributed by atoms with Crippen LogP contribution in [0.1, 0.15) is 48.0 Å². The molecule has 4 N–H and O–H groups in total. The number of likely N-dealkylation sites (tertiary alicyclic amines) is 1. The van der Waals surface area contributed by atoms with Gasteiger partial charge >= 0.3 is 6.03 Å². The van der Waals surface area contributed by atoms with E-state index in [4.69, 9.17) is 4.74 Å². The lowest BCUT2D eigenvalue weighted by atomic mass is 9.51. The van der Waals surface area contributed by atoms with Gasteiger partial charge in [0.15, 0.2) is 23.4 Å². The van der Waals surface area contributed by atoms with Crippen LogP contribution in [0.2, 0.25) is 0 Å². The number of piperidine rings is 1. The molecule has 1 saturated carbocycles. The predicted molar refractivity (Wildman–Crippen MR) is 107 cm³/mol. The maximum absolute atomic E-state index is 13.8. The third-order valence-corrected chi connectivity index (χ3v) is 7.85. The fourth-order valence-electron chi connectivity index (χ4n) is 6.38. The van der Waals surface area contributed by atoms with E-state index in [1.54, 1.807) is 6.07 Å². The van der Waals surface area contributed by atoms with E-state index in [0.29, 0.717) is 36.4 Å². The topological polar surface area (TPSA) is 128 Å². The van der Waals surface area contributed by atoms with Gasteiger partial charge in [0.05, 0.1) is 5.41 Å². The summed E-state index contributed by atoms with van der Waals surface area (Å²) in [5, 5.41) is 27.8. The number of aliphatic hydroxyl groups is 1. The molecular weight excluding hydrogens is 402 g/mol. The molecule has 5 aliphatic rings. The monoisotopic (exact) mass is 427 g/mol. The molecule has 1 aromatic carbocycles. The van der Waals surface area contributed by atoms with Crippen LogP contribution in [0.3, 0.4) is 0 Å². The maximum Gasteiger partial charge on any atom is 0.321 e. The van der Waals surface area contributed by atoms with E-state index in [1.807, 2.05) is 0 Å². The van der Waals surface area contributed by atoms with E-state index in [9.17, 15) is 24.6 Å². The number of nitrogens with zero attached hydrogens (tertiary/aromatic N) is 1. The van der Waals surface area contributed by atoms with Crippen molar-refractivity contribution in [3.05, 3.63) is 23.3 Å². The van der Waals surface area contributed by atoms with Crippen molar-refractivity contribution >= 4 is 17.7 Å². The summed E-state index contributed by atoms with van der Waals surface area (Å²) in [5.41, 5.74) is -1.97. The Labute approximate surface area is 178 Å². The number of carbonyl (C=O) groups excluding carboxylic acids is 3. The second-order valence-electron chi connectivity index (χ2n) is 9.53. The molecule has 3 fully saturated rings. The Bertz CT molecular complexity index is 1020. The number of amides is 3. The van der Waals surface area contributed by atoms with Gasteiger partial charge in [-0.05, 0) is 50.2 Å². The summed E-state index contributed by atoms with van der Waals surface area (Å²) in [6.45, 7) is 1.54. The highest BCUT2D eigenvalue weighted by Gasteiger charge is 2.73. The Morgan fingerprint density at radius 1 is 1.19 bits per heavy atom. The van der Waals surface area contributed by atoms with Crippen molar-refractivity contribution in [2.45, 2.75) is 55.3 Å². The zero-order valence-electron chi connectivity index (χ0n) is 17.0. The van der Waals surface area contributed by atoms with Crippen molar-refractivity contribution < 1.29 is 29.3 Å². The van der Waals surface area contributed by atoms with E-state index in [-0.39, 0.29) is 30.2 Å². The Balaban J connectivity index is 1.59. The van der Waals surface area contributed by atoms with Crippen LogP contribution < -0.4 is 15.4 Å². The zero-order valence-corrected chi connectivity index (χ0v) is 17.0. The number of nitrogens with one attached hydrogen (secondary N) is 2. The summed E-state index contributed by atoms with van der Waals surface area (Å²) in [7, 11) is 0. The number of phenols is 1. The van der Waals surface area contributed by atoms with Crippen molar-refractivity contribution in [3.63, 3.8) is 0 Å². The van der Waals surface area contributed by atoms with Crippen LogP contribution in [0.4, 0.5) is 4.79 Å². The molecule has 9 heteroatoms. The van der Waals surface area contributed by atoms with Crippen molar-refractivity contribution in [3.8, 4) is 11.5 Å². The van der Waals surface area contributed by atoms with Crippen LogP contribution in [0.5, 0.6) is 11.5 Å². The van der Waals surface area contributed by atoms with E-state index < -0.39 is 35.1 Å². The number of carbonyl (C=O) groups is 3. The molecule has 0 radical (unpaired) electrons. The molecule has 1 spiro atoms. The largest absolute Gasteiger partial charge is 0.504 e. The number of ketones is 1. The number of rotatable bonds is 2. The number of urea groups is 1. The molecule has 3 heterocycles. The van der Waals surface area contributed by atoms with Crippen LogP contribution in [0.25, 0.3) is 0 Å². The molecular formula is C22H25N3O6. The van der Waals surface area contributed by atoms with Gasteiger partial charge in [0.1, 0.15) is 11.6 Å². The van der Waals surface area contributed by atoms with Gasteiger partial charge in [0.25, 0.3) is 5.91 Å². The molecule has 2 saturated heterocycles. The summed E-state index contributed by atoms with van der Waals surface area (Å²) in [5.74, 6) is -0.455. The third-order valence-electron chi connectivity index (χ3n) is 7.85. The molecule has 2 aliphatic carbocycles. The standard InChI is InChI=1S/C22H25N3O6/c26-13-5-4-12-14-16(13)31-18-19(28)24-20(29)23-8-1-6-22(30)17(15(12)27)25(10-11-2-3-11)9-7-21(14,18)22/h4-5,11,17-18,26,30H,1-3,6-10H2,(H2,23,24,28,29)/t17-,18+,21+,22-/m1/s1. The molecule has 3 amide bonds. The second-order valence-corrected chi connectivity index (χ2v) is 9.53. The molecule has 2 bridgehead atoms. The van der Waals surface area contributed by atoms with Crippen LogP contribution in [-0.4, -0.2) is 70.2 Å². The van der Waals surface area contributed by atoms with Crippen LogP contribution in [0, 0.1) is 5.92 Å². The van der Waals surface area contributed by atoms with Gasteiger partial charge in [0, 0.05) is 30.8 Å². The first-order valence-corrected chi connectivity index (χ1v) is 11.0. The third kappa shape index (κ3) is 2.36. The molecule has 1 aromatic rings. The zero-order chi connectivity index (χ0) is 21.5. The number of benzene rings is 1. The van der Waals surface area contributed by atoms with Gasteiger partial charge in [0.2, 0.25) is 0 Å². The first-order valence-electron chi connectivity index (χ1n) is 11.0.